The molecule has 0 aromatic carbocycles. The van der Waals surface area contributed by atoms with Gasteiger partial charge in [-0.1, -0.05) is 44.6 Å². The molecule has 4 aliphatic heterocycles. The quantitative estimate of drug-likeness (QED) is 0.113. The molecule has 2 bridgehead atoms. The highest BCUT2D eigenvalue weighted by molar-refractivity contribution is 5.95. The van der Waals surface area contributed by atoms with E-state index in [0.29, 0.717) is 17.7 Å². The molecule has 0 aromatic heterocycles. The Kier molecular flexibility index (Phi) is 15.2. The van der Waals surface area contributed by atoms with E-state index in [9.17, 15) is 30.5 Å². The van der Waals surface area contributed by atoms with Crippen LogP contribution in [0.4, 0.5) is 0 Å². The lowest BCUT2D eigenvalue weighted by atomic mass is 9.73. The highest BCUT2D eigenvalue weighted by Gasteiger charge is 2.54. The molecule has 4 rings (SSSR count). The number of hydrogen-bond donors (Lipinski definition) is 5. The number of carbonyl (C=O) groups excluding carboxylic acids is 1. The fourth-order valence-corrected chi connectivity index (χ4v) is 9.42. The first kappa shape index (κ1) is 46.4. The van der Waals surface area contributed by atoms with Crippen LogP contribution in [-0.4, -0.2) is 153 Å². The van der Waals surface area contributed by atoms with Crippen molar-refractivity contribution in [1.29, 1.82) is 0 Å². The van der Waals surface area contributed by atoms with Gasteiger partial charge in [-0.2, -0.15) is 0 Å². The molecule has 322 valence electrons. The van der Waals surface area contributed by atoms with Crippen LogP contribution in [0.15, 0.2) is 22.5 Å². The minimum atomic E-state index is -1.77. The van der Waals surface area contributed by atoms with Crippen molar-refractivity contribution in [1.82, 2.24) is 4.90 Å². The van der Waals surface area contributed by atoms with Crippen molar-refractivity contribution in [3.8, 4) is 0 Å². The largest absolute Gasteiger partial charge is 0.459 e. The Hall–Kier alpha value is -2.25. The summed E-state index contributed by atoms with van der Waals surface area (Å²) in [4.78, 5) is 16.4. The van der Waals surface area contributed by atoms with Gasteiger partial charge in [-0.3, -0.25) is 4.79 Å². The summed E-state index contributed by atoms with van der Waals surface area (Å²) < 4.78 is 45.6. The van der Waals surface area contributed by atoms with Crippen molar-refractivity contribution in [3.05, 3.63) is 12.2 Å². The SMILES string of the molecule is C=C1CO[C@@H]2[C@@H](C)/C(=N/O)[C@H](C)C[C@@](C)(OC1)[C@H](O[C@@H]1O[C@H](C)C[C@H](N(C)C)[C@H]1O)[C@@H](C)[C@H](O[C@H]1C[C@@](C)(O)/C(=N\O)[C@H](C)O1)[C@@H](C)C(=O)O[C@H](CC)[C@@]2(C)O. The Bertz CT molecular complexity index is 1420. The van der Waals surface area contributed by atoms with Gasteiger partial charge in [0.1, 0.15) is 35.2 Å². The van der Waals surface area contributed by atoms with E-state index < -0.39 is 95.6 Å². The lowest BCUT2D eigenvalue weighted by Crippen LogP contribution is -2.61. The minimum absolute atomic E-state index is 0.0125. The summed E-state index contributed by atoms with van der Waals surface area (Å²) in [6, 6.07) is -0.304. The van der Waals surface area contributed by atoms with Crippen LogP contribution in [0.3, 0.4) is 0 Å². The Morgan fingerprint density at radius 1 is 0.946 bits per heavy atom. The fraction of sp³-hybridized carbons (Fsp3) is 0.875. The number of cyclic esters (lactones) is 1. The topological polar surface area (TPSA) is 211 Å². The van der Waals surface area contributed by atoms with Crippen molar-refractivity contribution in [2.45, 2.75) is 173 Å². The number of likely N-dealkylation sites (N-methyl/N-ethyl adjacent to an activating group) is 1. The van der Waals surface area contributed by atoms with E-state index in [4.69, 9.17) is 33.2 Å². The summed E-state index contributed by atoms with van der Waals surface area (Å²) in [5.74, 6) is -3.65. The number of aliphatic hydroxyl groups excluding tert-OH is 1. The molecule has 4 heterocycles. The van der Waals surface area contributed by atoms with E-state index >= 15 is 0 Å². The number of aliphatic hydroxyl groups is 3. The number of oxime groups is 2. The third-order valence-corrected chi connectivity index (χ3v) is 12.5. The highest BCUT2D eigenvalue weighted by Crippen LogP contribution is 2.42. The first-order chi connectivity index (χ1) is 26.0. The standard InChI is InChI=1S/C40H69N3O13/c1-14-28-40(11,47)35-23(5)30(41-48)21(3)16-39(10,51-19-20(2)18-50-35)34(56-37-31(44)27(43(12)13)15-22(4)52-37)24(6)32(25(7)36(45)54-28)55-29-17-38(9,46)33(42-49)26(8)53-29/h21-29,31-32,34-35,37,44,46-49H,2,14-19H2,1,3-13H3/b41-30+,42-33-/t21-,22-,23+,24+,25-,26+,27+,28-,29+,31-,32+,34-,35-,37+,38-,39-,40-/m1/s1. The summed E-state index contributed by atoms with van der Waals surface area (Å²) >= 11 is 0. The van der Waals surface area contributed by atoms with E-state index in [1.54, 1.807) is 34.6 Å². The zero-order valence-corrected chi connectivity index (χ0v) is 35.4. The van der Waals surface area contributed by atoms with E-state index in [1.807, 2.05) is 46.7 Å². The van der Waals surface area contributed by atoms with Gasteiger partial charge >= 0.3 is 5.97 Å². The van der Waals surface area contributed by atoms with Crippen molar-refractivity contribution >= 4 is 17.4 Å². The van der Waals surface area contributed by atoms with Gasteiger partial charge in [-0.15, -0.1) is 0 Å². The Morgan fingerprint density at radius 3 is 2.18 bits per heavy atom. The number of nitrogens with zero attached hydrogens (tertiary/aromatic N) is 3. The third-order valence-electron chi connectivity index (χ3n) is 12.5. The Labute approximate surface area is 332 Å². The third kappa shape index (κ3) is 9.78. The molecule has 0 unspecified atom stereocenters. The van der Waals surface area contributed by atoms with Gasteiger partial charge in [0, 0.05) is 30.2 Å². The summed E-state index contributed by atoms with van der Waals surface area (Å²) in [6.07, 6.45) is -7.74. The van der Waals surface area contributed by atoms with Crippen molar-refractivity contribution in [2.24, 2.45) is 34.0 Å². The molecule has 16 nitrogen and oxygen atoms in total. The summed E-state index contributed by atoms with van der Waals surface area (Å²) in [6.45, 7) is 21.6. The normalized spacial score (nSPS) is 47.9. The summed E-state index contributed by atoms with van der Waals surface area (Å²) in [5.41, 5.74) is -3.76. The van der Waals surface area contributed by atoms with Gasteiger partial charge in [0.05, 0.1) is 54.9 Å². The average molecular weight is 800 g/mol. The lowest BCUT2D eigenvalue weighted by Gasteiger charge is -2.49. The molecule has 4 saturated heterocycles. The number of esters is 1. The zero-order valence-electron chi connectivity index (χ0n) is 35.4. The molecule has 16 heteroatoms. The van der Waals surface area contributed by atoms with Gasteiger partial charge in [0.15, 0.2) is 12.6 Å². The van der Waals surface area contributed by atoms with E-state index in [1.165, 1.54) is 6.92 Å². The molecule has 0 spiro atoms. The van der Waals surface area contributed by atoms with Gasteiger partial charge in [0.25, 0.3) is 0 Å². The average Bonchev–Trinajstić information content (AvgIpc) is 3.11. The van der Waals surface area contributed by atoms with Crippen molar-refractivity contribution < 1.29 is 63.7 Å². The number of carbonyl (C=O) groups is 1. The minimum Gasteiger partial charge on any atom is -0.459 e. The molecular weight excluding hydrogens is 730 g/mol. The van der Waals surface area contributed by atoms with Crippen LogP contribution in [0.25, 0.3) is 0 Å². The second-order valence-corrected chi connectivity index (χ2v) is 17.6. The lowest BCUT2D eigenvalue weighted by molar-refractivity contribution is -0.309. The molecule has 0 saturated carbocycles. The molecule has 0 aromatic rings. The smallest absolute Gasteiger partial charge is 0.311 e. The molecule has 17 atom stereocenters. The van der Waals surface area contributed by atoms with Crippen LogP contribution in [0.5, 0.6) is 0 Å². The number of hydrogen-bond acceptors (Lipinski definition) is 16. The molecule has 0 amide bonds. The molecular formula is C40H69N3O13. The highest BCUT2D eigenvalue weighted by atomic mass is 16.7. The van der Waals surface area contributed by atoms with E-state index in [2.05, 4.69) is 16.9 Å². The molecule has 5 N–H and O–H groups in total. The number of fused-ring (bicyclic) bond motifs is 5. The first-order valence-corrected chi connectivity index (χ1v) is 20.0. The van der Waals surface area contributed by atoms with Gasteiger partial charge in [-0.25, -0.2) is 0 Å². The van der Waals surface area contributed by atoms with Crippen LogP contribution in [0, 0.1) is 23.7 Å². The second-order valence-electron chi connectivity index (χ2n) is 17.6. The number of rotatable bonds is 6. The number of ether oxygens (including phenoxy) is 7. The second kappa shape index (κ2) is 18.3. The molecule has 56 heavy (non-hydrogen) atoms. The van der Waals surface area contributed by atoms with Crippen LogP contribution < -0.4 is 0 Å². The zero-order chi connectivity index (χ0) is 42.1. The van der Waals surface area contributed by atoms with E-state index in [0.717, 1.165) is 0 Å². The predicted octanol–water partition coefficient (Wildman–Crippen LogP) is 3.48. The van der Waals surface area contributed by atoms with Gasteiger partial charge in [0.2, 0.25) is 0 Å². The van der Waals surface area contributed by atoms with E-state index in [-0.39, 0.29) is 50.3 Å². The van der Waals surface area contributed by atoms with Crippen LogP contribution in [-0.2, 0) is 38.0 Å². The predicted molar refractivity (Wildman–Crippen MR) is 206 cm³/mol. The Morgan fingerprint density at radius 2 is 1.61 bits per heavy atom. The molecule has 0 radical (unpaired) electrons. The first-order valence-electron chi connectivity index (χ1n) is 20.0. The molecule has 4 fully saturated rings. The Balaban J connectivity index is 1.96. The van der Waals surface area contributed by atoms with Crippen molar-refractivity contribution in [2.75, 3.05) is 27.3 Å². The van der Waals surface area contributed by atoms with Crippen LogP contribution in [0.1, 0.15) is 94.9 Å². The molecule has 0 aliphatic carbocycles. The van der Waals surface area contributed by atoms with Crippen LogP contribution >= 0.6 is 0 Å². The maximum Gasteiger partial charge on any atom is 0.311 e. The van der Waals surface area contributed by atoms with Gasteiger partial charge in [-0.05, 0) is 80.5 Å². The van der Waals surface area contributed by atoms with Crippen LogP contribution in [0.2, 0.25) is 0 Å². The summed E-state index contributed by atoms with van der Waals surface area (Å²) in [5, 5.41) is 62.7. The molecule has 4 aliphatic rings. The fourth-order valence-electron chi connectivity index (χ4n) is 9.42. The maximum absolute atomic E-state index is 14.4. The summed E-state index contributed by atoms with van der Waals surface area (Å²) in [7, 11) is 3.76. The maximum atomic E-state index is 14.4. The monoisotopic (exact) mass is 799 g/mol. The van der Waals surface area contributed by atoms with Gasteiger partial charge < -0.3 is 63.8 Å². The van der Waals surface area contributed by atoms with Crippen molar-refractivity contribution in [3.63, 3.8) is 0 Å².